The summed E-state index contributed by atoms with van der Waals surface area (Å²) in [5.74, 6) is 2.77. The third kappa shape index (κ3) is 9.82. The summed E-state index contributed by atoms with van der Waals surface area (Å²) >= 11 is 0. The minimum Gasteiger partial charge on any atom is -0.313 e. The summed E-state index contributed by atoms with van der Waals surface area (Å²) in [7, 11) is 0. The van der Waals surface area contributed by atoms with Gasteiger partial charge in [-0.1, -0.05) is 46.0 Å². The highest BCUT2D eigenvalue weighted by Gasteiger charge is 2.04. The molecule has 0 saturated carbocycles. The highest BCUT2D eigenvalue weighted by molar-refractivity contribution is 4.89. The number of hydrogen-bond donors (Lipinski definition) is 1. The summed E-state index contributed by atoms with van der Waals surface area (Å²) in [5, 5.41) is 3.52. The zero-order chi connectivity index (χ0) is 11.4. The number of rotatable bonds is 10. The standard InChI is InChI=1S/C14H27N/c1-4-7-8-9-10-12-14(11-5-2)15-13-6-3/h2,14-15H,4,6-13H2,1,3H3. The van der Waals surface area contributed by atoms with Gasteiger partial charge in [-0.15, -0.1) is 12.3 Å². The Morgan fingerprint density at radius 2 is 1.80 bits per heavy atom. The first-order chi connectivity index (χ1) is 7.35. The SMILES string of the molecule is C#CCC(CCCCCCC)NCCC. The maximum atomic E-state index is 5.36. The van der Waals surface area contributed by atoms with Gasteiger partial charge in [0, 0.05) is 12.5 Å². The van der Waals surface area contributed by atoms with E-state index < -0.39 is 0 Å². The zero-order valence-corrected chi connectivity index (χ0v) is 10.5. The molecule has 0 aromatic carbocycles. The Hall–Kier alpha value is -0.480. The van der Waals surface area contributed by atoms with E-state index in [1.807, 2.05) is 0 Å². The predicted molar refractivity (Wildman–Crippen MR) is 68.9 cm³/mol. The fraction of sp³-hybridized carbons (Fsp3) is 0.857. The highest BCUT2D eigenvalue weighted by atomic mass is 14.9. The van der Waals surface area contributed by atoms with E-state index >= 15 is 0 Å². The van der Waals surface area contributed by atoms with E-state index in [0.29, 0.717) is 6.04 Å². The van der Waals surface area contributed by atoms with E-state index in [4.69, 9.17) is 6.42 Å². The van der Waals surface area contributed by atoms with Crippen molar-refractivity contribution in [3.8, 4) is 12.3 Å². The van der Waals surface area contributed by atoms with Crippen molar-refractivity contribution in [3.05, 3.63) is 0 Å². The molecule has 1 nitrogen and oxygen atoms in total. The molecule has 0 fully saturated rings. The molecule has 15 heavy (non-hydrogen) atoms. The molecule has 1 atom stereocenters. The lowest BCUT2D eigenvalue weighted by atomic mass is 10.0. The first-order valence-corrected chi connectivity index (χ1v) is 6.52. The molecule has 1 N–H and O–H groups in total. The Labute approximate surface area is 96.0 Å². The van der Waals surface area contributed by atoms with Crippen LogP contribution in [0.5, 0.6) is 0 Å². The van der Waals surface area contributed by atoms with E-state index in [9.17, 15) is 0 Å². The van der Waals surface area contributed by atoms with Gasteiger partial charge in [0.25, 0.3) is 0 Å². The minimum absolute atomic E-state index is 0.552. The van der Waals surface area contributed by atoms with Gasteiger partial charge in [0.1, 0.15) is 0 Å². The van der Waals surface area contributed by atoms with Gasteiger partial charge in [-0.2, -0.15) is 0 Å². The van der Waals surface area contributed by atoms with E-state index in [2.05, 4.69) is 25.1 Å². The normalized spacial score (nSPS) is 12.3. The van der Waals surface area contributed by atoms with Crippen LogP contribution in [0.4, 0.5) is 0 Å². The Morgan fingerprint density at radius 1 is 1.07 bits per heavy atom. The van der Waals surface area contributed by atoms with E-state index in [0.717, 1.165) is 13.0 Å². The molecule has 0 aliphatic heterocycles. The first kappa shape index (κ1) is 14.5. The third-order valence-corrected chi connectivity index (χ3v) is 2.70. The Balaban J connectivity index is 3.44. The van der Waals surface area contributed by atoms with Crippen LogP contribution in [0.15, 0.2) is 0 Å². The molecule has 0 aromatic heterocycles. The largest absolute Gasteiger partial charge is 0.313 e. The summed E-state index contributed by atoms with van der Waals surface area (Å²) < 4.78 is 0. The highest BCUT2D eigenvalue weighted by Crippen LogP contribution is 2.09. The maximum Gasteiger partial charge on any atom is 0.0240 e. The number of terminal acetylenes is 1. The Kier molecular flexibility index (Phi) is 11.2. The van der Waals surface area contributed by atoms with Crippen molar-refractivity contribution in [3.63, 3.8) is 0 Å². The summed E-state index contributed by atoms with van der Waals surface area (Å²) in [6, 6.07) is 0.552. The van der Waals surface area contributed by atoms with Crippen LogP contribution in [-0.4, -0.2) is 12.6 Å². The molecule has 0 amide bonds. The monoisotopic (exact) mass is 209 g/mol. The van der Waals surface area contributed by atoms with E-state index in [-0.39, 0.29) is 0 Å². The van der Waals surface area contributed by atoms with Crippen LogP contribution in [0.1, 0.15) is 65.2 Å². The van der Waals surface area contributed by atoms with Gasteiger partial charge in [0.05, 0.1) is 0 Å². The summed E-state index contributed by atoms with van der Waals surface area (Å²) in [6.07, 6.45) is 15.4. The molecular formula is C14H27N. The van der Waals surface area contributed by atoms with Crippen LogP contribution in [0.25, 0.3) is 0 Å². The number of unbranched alkanes of at least 4 members (excludes halogenated alkanes) is 4. The number of hydrogen-bond acceptors (Lipinski definition) is 1. The fourth-order valence-electron chi connectivity index (χ4n) is 1.76. The van der Waals surface area contributed by atoms with Crippen LogP contribution in [0.2, 0.25) is 0 Å². The van der Waals surface area contributed by atoms with Crippen LogP contribution >= 0.6 is 0 Å². The van der Waals surface area contributed by atoms with Crippen LogP contribution in [0.3, 0.4) is 0 Å². The minimum atomic E-state index is 0.552. The molecule has 1 unspecified atom stereocenters. The predicted octanol–water partition coefficient (Wildman–Crippen LogP) is 3.74. The molecule has 0 aromatic rings. The van der Waals surface area contributed by atoms with Gasteiger partial charge < -0.3 is 5.32 Å². The Morgan fingerprint density at radius 3 is 2.40 bits per heavy atom. The Bertz CT molecular complexity index is 157. The molecule has 1 heteroatoms. The second kappa shape index (κ2) is 11.6. The average Bonchev–Trinajstić information content (AvgIpc) is 2.25. The van der Waals surface area contributed by atoms with Crippen molar-refractivity contribution >= 4 is 0 Å². The lowest BCUT2D eigenvalue weighted by Crippen LogP contribution is -2.29. The lowest BCUT2D eigenvalue weighted by Gasteiger charge is -2.15. The number of nitrogens with one attached hydrogen (secondary N) is 1. The van der Waals surface area contributed by atoms with Crippen molar-refractivity contribution < 1.29 is 0 Å². The molecule has 0 heterocycles. The molecule has 0 bridgehead atoms. The van der Waals surface area contributed by atoms with Gasteiger partial charge in [-0.05, 0) is 19.4 Å². The molecule has 0 rings (SSSR count). The van der Waals surface area contributed by atoms with Crippen LogP contribution < -0.4 is 5.32 Å². The molecule has 0 spiro atoms. The van der Waals surface area contributed by atoms with Crippen molar-refractivity contribution in [2.75, 3.05) is 6.54 Å². The molecule has 88 valence electrons. The fourth-order valence-corrected chi connectivity index (χ4v) is 1.76. The molecule has 0 aliphatic carbocycles. The maximum absolute atomic E-state index is 5.36. The van der Waals surface area contributed by atoms with Gasteiger partial charge in [-0.25, -0.2) is 0 Å². The lowest BCUT2D eigenvalue weighted by molar-refractivity contribution is 0.460. The molecule has 0 radical (unpaired) electrons. The van der Waals surface area contributed by atoms with Crippen LogP contribution in [-0.2, 0) is 0 Å². The third-order valence-electron chi connectivity index (χ3n) is 2.70. The molecular weight excluding hydrogens is 182 g/mol. The average molecular weight is 209 g/mol. The quantitative estimate of drug-likeness (QED) is 0.427. The summed E-state index contributed by atoms with van der Waals surface area (Å²) in [5.41, 5.74) is 0. The smallest absolute Gasteiger partial charge is 0.0240 e. The second-order valence-corrected chi connectivity index (χ2v) is 4.26. The van der Waals surface area contributed by atoms with Crippen molar-refractivity contribution in [1.29, 1.82) is 0 Å². The van der Waals surface area contributed by atoms with E-state index in [1.54, 1.807) is 0 Å². The zero-order valence-electron chi connectivity index (χ0n) is 10.5. The van der Waals surface area contributed by atoms with Crippen molar-refractivity contribution in [2.45, 2.75) is 71.3 Å². The van der Waals surface area contributed by atoms with Crippen molar-refractivity contribution in [1.82, 2.24) is 5.32 Å². The van der Waals surface area contributed by atoms with Gasteiger partial charge >= 0.3 is 0 Å². The second-order valence-electron chi connectivity index (χ2n) is 4.26. The van der Waals surface area contributed by atoms with Gasteiger partial charge in [0.15, 0.2) is 0 Å². The summed E-state index contributed by atoms with van der Waals surface area (Å²) in [4.78, 5) is 0. The molecule has 0 saturated heterocycles. The topological polar surface area (TPSA) is 12.0 Å². The summed E-state index contributed by atoms with van der Waals surface area (Å²) in [6.45, 7) is 5.55. The first-order valence-electron chi connectivity index (χ1n) is 6.52. The van der Waals surface area contributed by atoms with Crippen LogP contribution in [0, 0.1) is 12.3 Å². The molecule has 0 aliphatic rings. The van der Waals surface area contributed by atoms with E-state index in [1.165, 1.54) is 44.9 Å². The van der Waals surface area contributed by atoms with Gasteiger partial charge in [-0.3, -0.25) is 0 Å². The van der Waals surface area contributed by atoms with Crippen molar-refractivity contribution in [2.24, 2.45) is 0 Å². The van der Waals surface area contributed by atoms with Gasteiger partial charge in [0.2, 0.25) is 0 Å².